The van der Waals surface area contributed by atoms with E-state index in [1.165, 1.54) is 18.8 Å². The number of hydrogen-bond acceptors (Lipinski definition) is 5. The zero-order valence-electron chi connectivity index (χ0n) is 14.9. The van der Waals surface area contributed by atoms with E-state index in [-0.39, 0.29) is 18.9 Å². The minimum absolute atomic E-state index is 0.0598. The summed E-state index contributed by atoms with van der Waals surface area (Å²) in [7, 11) is 3.04. The highest BCUT2D eigenvalue weighted by Gasteiger charge is 2.10. The summed E-state index contributed by atoms with van der Waals surface area (Å²) in [5, 5.41) is 3.16. The third-order valence-corrected chi connectivity index (χ3v) is 4.13. The van der Waals surface area contributed by atoms with Crippen LogP contribution in [0, 0.1) is 0 Å². The molecule has 1 heterocycles. The van der Waals surface area contributed by atoms with Crippen molar-refractivity contribution in [2.24, 2.45) is 0 Å². The van der Waals surface area contributed by atoms with E-state index < -0.39 is 11.2 Å². The molecule has 3 aromatic rings. The lowest BCUT2D eigenvalue weighted by Gasteiger charge is -2.12. The second-order valence-corrected chi connectivity index (χ2v) is 5.80. The second-order valence-electron chi connectivity index (χ2n) is 5.80. The molecule has 1 aromatic heterocycles. The predicted octanol–water partition coefficient (Wildman–Crippen LogP) is 1.74. The van der Waals surface area contributed by atoms with Crippen LogP contribution in [0.2, 0.25) is 0 Å². The van der Waals surface area contributed by atoms with E-state index in [9.17, 15) is 14.4 Å². The Kier molecular flexibility index (Phi) is 5.25. The lowest BCUT2D eigenvalue weighted by molar-refractivity contribution is -0.116. The number of methoxy groups -OCH3 is 2. The van der Waals surface area contributed by atoms with Crippen LogP contribution in [0.25, 0.3) is 10.9 Å². The van der Waals surface area contributed by atoms with Gasteiger partial charge < -0.3 is 14.8 Å². The SMILES string of the molecule is COc1ccc(NC(=O)CCn2c(=O)[nH]c(=O)c3ccccc32)cc1OC. The fourth-order valence-electron chi connectivity index (χ4n) is 2.82. The largest absolute Gasteiger partial charge is 0.493 e. The van der Waals surface area contributed by atoms with Gasteiger partial charge in [0.25, 0.3) is 5.56 Å². The third-order valence-electron chi connectivity index (χ3n) is 4.13. The fraction of sp³-hybridized carbons (Fsp3) is 0.211. The molecule has 0 fully saturated rings. The molecule has 0 aliphatic heterocycles. The molecule has 140 valence electrons. The molecule has 3 rings (SSSR count). The Hall–Kier alpha value is -3.55. The van der Waals surface area contributed by atoms with Gasteiger partial charge in [0.2, 0.25) is 5.91 Å². The monoisotopic (exact) mass is 369 g/mol. The van der Waals surface area contributed by atoms with Gasteiger partial charge in [-0.15, -0.1) is 0 Å². The summed E-state index contributed by atoms with van der Waals surface area (Å²) in [5.74, 6) is 0.782. The Labute approximate surface area is 154 Å². The molecule has 27 heavy (non-hydrogen) atoms. The summed E-state index contributed by atoms with van der Waals surface area (Å²) in [4.78, 5) is 38.6. The van der Waals surface area contributed by atoms with Crippen molar-refractivity contribution in [3.8, 4) is 11.5 Å². The number of aryl methyl sites for hydroxylation is 1. The molecule has 2 aromatic carbocycles. The molecule has 0 saturated heterocycles. The molecule has 0 radical (unpaired) electrons. The van der Waals surface area contributed by atoms with E-state index in [0.29, 0.717) is 28.1 Å². The molecule has 0 bridgehead atoms. The number of benzene rings is 2. The molecule has 0 saturated carbocycles. The number of H-pyrrole nitrogens is 1. The first-order valence-corrected chi connectivity index (χ1v) is 8.27. The minimum atomic E-state index is -0.544. The van der Waals surface area contributed by atoms with Crippen molar-refractivity contribution in [2.75, 3.05) is 19.5 Å². The zero-order valence-corrected chi connectivity index (χ0v) is 14.9. The Balaban J connectivity index is 1.76. The summed E-state index contributed by atoms with van der Waals surface area (Å²) in [6, 6.07) is 11.8. The van der Waals surface area contributed by atoms with Gasteiger partial charge in [0.15, 0.2) is 11.5 Å². The third kappa shape index (κ3) is 3.84. The summed E-state index contributed by atoms with van der Waals surface area (Å²) in [6.07, 6.45) is 0.0598. The molecular formula is C19H19N3O5. The first-order chi connectivity index (χ1) is 13.0. The molecule has 0 unspecified atom stereocenters. The second kappa shape index (κ2) is 7.77. The van der Waals surface area contributed by atoms with Gasteiger partial charge in [0, 0.05) is 24.7 Å². The maximum atomic E-state index is 12.3. The van der Waals surface area contributed by atoms with Crippen LogP contribution >= 0.6 is 0 Å². The number of nitrogens with one attached hydrogen (secondary N) is 2. The lowest BCUT2D eigenvalue weighted by Crippen LogP contribution is -2.31. The van der Waals surface area contributed by atoms with Crippen LogP contribution in [0.5, 0.6) is 11.5 Å². The summed E-state index contributed by atoms with van der Waals surface area (Å²) in [6.45, 7) is 0.134. The Morgan fingerprint density at radius 1 is 1.07 bits per heavy atom. The number of para-hydroxylation sites is 1. The van der Waals surface area contributed by atoms with E-state index in [4.69, 9.17) is 9.47 Å². The van der Waals surface area contributed by atoms with Gasteiger partial charge in [0.05, 0.1) is 25.1 Å². The summed E-state index contributed by atoms with van der Waals surface area (Å²) in [5.41, 5.74) is 0.0562. The number of nitrogens with zero attached hydrogens (tertiary/aromatic N) is 1. The topological polar surface area (TPSA) is 102 Å². The van der Waals surface area contributed by atoms with Crippen LogP contribution in [-0.4, -0.2) is 29.7 Å². The summed E-state index contributed by atoms with van der Waals surface area (Å²) >= 11 is 0. The van der Waals surface area contributed by atoms with E-state index in [2.05, 4.69) is 10.3 Å². The molecule has 8 nitrogen and oxygen atoms in total. The molecule has 1 amide bonds. The maximum absolute atomic E-state index is 12.3. The van der Waals surface area contributed by atoms with Crippen LogP contribution in [0.4, 0.5) is 5.69 Å². The average Bonchev–Trinajstić information content (AvgIpc) is 2.67. The van der Waals surface area contributed by atoms with Gasteiger partial charge in [-0.3, -0.25) is 19.1 Å². The first kappa shape index (κ1) is 18.2. The number of carbonyl (C=O) groups is 1. The quantitative estimate of drug-likeness (QED) is 0.689. The van der Waals surface area contributed by atoms with Crippen molar-refractivity contribution in [2.45, 2.75) is 13.0 Å². The Morgan fingerprint density at radius 3 is 2.56 bits per heavy atom. The maximum Gasteiger partial charge on any atom is 0.328 e. The molecule has 8 heteroatoms. The predicted molar refractivity (Wildman–Crippen MR) is 102 cm³/mol. The van der Waals surface area contributed by atoms with Crippen LogP contribution in [0.1, 0.15) is 6.42 Å². The molecule has 0 atom stereocenters. The van der Waals surface area contributed by atoms with Gasteiger partial charge >= 0.3 is 5.69 Å². The Bertz CT molecular complexity index is 1100. The number of carbonyl (C=O) groups excluding carboxylic acids is 1. The first-order valence-electron chi connectivity index (χ1n) is 8.27. The van der Waals surface area contributed by atoms with E-state index in [1.54, 1.807) is 42.5 Å². The van der Waals surface area contributed by atoms with Crippen molar-refractivity contribution in [3.63, 3.8) is 0 Å². The van der Waals surface area contributed by atoms with E-state index in [1.807, 2.05) is 0 Å². The van der Waals surface area contributed by atoms with Crippen molar-refractivity contribution in [1.82, 2.24) is 9.55 Å². The standard InChI is InChI=1S/C19H19N3O5/c1-26-15-8-7-12(11-16(15)27-2)20-17(23)9-10-22-14-6-4-3-5-13(14)18(24)21-19(22)25/h3-8,11H,9-10H2,1-2H3,(H,20,23)(H,21,24,25). The van der Waals surface area contributed by atoms with Gasteiger partial charge in [-0.2, -0.15) is 0 Å². The van der Waals surface area contributed by atoms with Crippen LogP contribution in [0.3, 0.4) is 0 Å². The molecule has 0 aliphatic rings. The smallest absolute Gasteiger partial charge is 0.328 e. The van der Waals surface area contributed by atoms with Crippen molar-refractivity contribution in [1.29, 1.82) is 0 Å². The highest BCUT2D eigenvalue weighted by atomic mass is 16.5. The minimum Gasteiger partial charge on any atom is -0.493 e. The Morgan fingerprint density at radius 2 is 1.81 bits per heavy atom. The lowest BCUT2D eigenvalue weighted by atomic mass is 10.2. The highest BCUT2D eigenvalue weighted by molar-refractivity contribution is 5.91. The average molecular weight is 369 g/mol. The van der Waals surface area contributed by atoms with Crippen molar-refractivity contribution in [3.05, 3.63) is 63.3 Å². The summed E-state index contributed by atoms with van der Waals surface area (Å²) < 4.78 is 11.7. The van der Waals surface area contributed by atoms with Crippen molar-refractivity contribution < 1.29 is 14.3 Å². The molecule has 0 spiro atoms. The fourth-order valence-corrected chi connectivity index (χ4v) is 2.82. The van der Waals surface area contributed by atoms with E-state index >= 15 is 0 Å². The number of aromatic amines is 1. The molecule has 0 aliphatic carbocycles. The number of hydrogen-bond donors (Lipinski definition) is 2. The van der Waals surface area contributed by atoms with E-state index in [0.717, 1.165) is 0 Å². The van der Waals surface area contributed by atoms with Crippen molar-refractivity contribution >= 4 is 22.5 Å². The molecular weight excluding hydrogens is 350 g/mol. The number of ether oxygens (including phenoxy) is 2. The van der Waals surface area contributed by atoms with Gasteiger partial charge in [-0.1, -0.05) is 12.1 Å². The normalized spacial score (nSPS) is 10.6. The number of anilines is 1. The number of amides is 1. The van der Waals surface area contributed by atoms with Crippen LogP contribution in [-0.2, 0) is 11.3 Å². The highest BCUT2D eigenvalue weighted by Crippen LogP contribution is 2.29. The van der Waals surface area contributed by atoms with Gasteiger partial charge in [-0.25, -0.2) is 4.79 Å². The number of fused-ring (bicyclic) bond motifs is 1. The van der Waals surface area contributed by atoms with Gasteiger partial charge in [-0.05, 0) is 24.3 Å². The van der Waals surface area contributed by atoms with Gasteiger partial charge in [0.1, 0.15) is 0 Å². The number of aromatic nitrogens is 2. The van der Waals surface area contributed by atoms with Crippen LogP contribution in [0.15, 0.2) is 52.1 Å². The molecule has 2 N–H and O–H groups in total. The van der Waals surface area contributed by atoms with Crippen LogP contribution < -0.4 is 26.0 Å². The number of rotatable bonds is 6. The zero-order chi connectivity index (χ0) is 19.4.